The first-order valence-corrected chi connectivity index (χ1v) is 9.41. The van der Waals surface area contributed by atoms with Crippen molar-refractivity contribution in [3.05, 3.63) is 54.1 Å². The predicted octanol–water partition coefficient (Wildman–Crippen LogP) is 1.65. The Balaban J connectivity index is 1.76. The summed E-state index contributed by atoms with van der Waals surface area (Å²) in [6.45, 7) is 0.413. The zero-order valence-corrected chi connectivity index (χ0v) is 14.9. The van der Waals surface area contributed by atoms with Gasteiger partial charge in [-0.1, -0.05) is 6.07 Å². The van der Waals surface area contributed by atoms with E-state index in [1.54, 1.807) is 36.3 Å². The second-order valence-electron chi connectivity index (χ2n) is 5.79. The molecule has 1 amide bonds. The minimum Gasteiger partial charge on any atom is -0.497 e. The maximum absolute atomic E-state index is 12.6. The number of benzene rings is 2. The minimum absolute atomic E-state index is 0.0350. The van der Waals surface area contributed by atoms with Crippen LogP contribution in [0, 0.1) is 11.3 Å². The summed E-state index contributed by atoms with van der Waals surface area (Å²) < 4.78 is 32.6. The van der Waals surface area contributed by atoms with Gasteiger partial charge in [0.2, 0.25) is 15.9 Å². The Labute approximate surface area is 151 Å². The molecule has 0 radical (unpaired) electrons. The van der Waals surface area contributed by atoms with Gasteiger partial charge in [0.1, 0.15) is 11.8 Å². The fourth-order valence-electron chi connectivity index (χ4n) is 2.80. The molecule has 0 spiro atoms. The number of ether oxygens (including phenoxy) is 1. The fourth-order valence-corrected chi connectivity index (χ4v) is 4.07. The van der Waals surface area contributed by atoms with Crippen molar-refractivity contribution in [3.63, 3.8) is 0 Å². The number of nitrogens with zero attached hydrogens (tertiary/aromatic N) is 2. The van der Waals surface area contributed by atoms with E-state index < -0.39 is 16.1 Å². The van der Waals surface area contributed by atoms with Gasteiger partial charge in [-0.05, 0) is 48.9 Å². The molecule has 0 aromatic heterocycles. The molecule has 1 heterocycles. The highest BCUT2D eigenvalue weighted by Gasteiger charge is 2.35. The lowest BCUT2D eigenvalue weighted by molar-refractivity contribution is -0.118. The summed E-state index contributed by atoms with van der Waals surface area (Å²) >= 11 is 0. The van der Waals surface area contributed by atoms with Crippen LogP contribution in [0.3, 0.4) is 0 Å². The molecule has 0 bridgehead atoms. The SMILES string of the molecule is COc1ccc(N2CC[C@@H](NS(=O)(=O)c3cccc(C#N)c3)C2=O)cc1. The van der Waals surface area contributed by atoms with Gasteiger partial charge < -0.3 is 9.64 Å². The molecule has 26 heavy (non-hydrogen) atoms. The Bertz CT molecular complexity index is 965. The Kier molecular flexibility index (Phi) is 4.93. The highest BCUT2D eigenvalue weighted by molar-refractivity contribution is 7.89. The lowest BCUT2D eigenvalue weighted by atomic mass is 10.2. The normalized spacial score (nSPS) is 17.2. The number of hydrogen-bond donors (Lipinski definition) is 1. The summed E-state index contributed by atoms with van der Waals surface area (Å²) in [7, 11) is -2.34. The molecule has 1 atom stereocenters. The average molecular weight is 371 g/mol. The van der Waals surface area contributed by atoms with E-state index in [-0.39, 0.29) is 16.4 Å². The van der Waals surface area contributed by atoms with Crippen LogP contribution in [0.5, 0.6) is 5.75 Å². The maximum Gasteiger partial charge on any atom is 0.245 e. The van der Waals surface area contributed by atoms with Gasteiger partial charge in [0, 0.05) is 12.2 Å². The lowest BCUT2D eigenvalue weighted by Gasteiger charge is -2.17. The van der Waals surface area contributed by atoms with Gasteiger partial charge in [-0.15, -0.1) is 0 Å². The Morgan fingerprint density at radius 2 is 1.96 bits per heavy atom. The van der Waals surface area contributed by atoms with E-state index in [4.69, 9.17) is 10.00 Å². The maximum atomic E-state index is 12.6. The molecule has 134 valence electrons. The van der Waals surface area contributed by atoms with Crippen molar-refractivity contribution in [1.82, 2.24) is 4.72 Å². The molecule has 0 saturated carbocycles. The van der Waals surface area contributed by atoms with Crippen LogP contribution in [0.2, 0.25) is 0 Å². The Hall–Kier alpha value is -2.89. The standard InChI is InChI=1S/C18H17N3O4S/c1-25-15-7-5-14(6-8-15)21-10-9-17(18(21)22)20-26(23,24)16-4-2-3-13(11-16)12-19/h2-8,11,17,20H,9-10H2,1H3/t17-/m1/s1. The van der Waals surface area contributed by atoms with Crippen molar-refractivity contribution in [2.75, 3.05) is 18.6 Å². The second kappa shape index (κ2) is 7.15. The first-order valence-electron chi connectivity index (χ1n) is 7.92. The van der Waals surface area contributed by atoms with Gasteiger partial charge in [0.15, 0.2) is 0 Å². The van der Waals surface area contributed by atoms with E-state index in [0.717, 1.165) is 0 Å². The third kappa shape index (κ3) is 3.54. The van der Waals surface area contributed by atoms with Crippen molar-refractivity contribution >= 4 is 21.6 Å². The minimum atomic E-state index is -3.89. The molecule has 8 heteroatoms. The number of sulfonamides is 1. The number of carbonyl (C=O) groups is 1. The third-order valence-electron chi connectivity index (χ3n) is 4.16. The summed E-state index contributed by atoms with van der Waals surface area (Å²) in [6.07, 6.45) is 0.363. The van der Waals surface area contributed by atoms with Crippen LogP contribution in [-0.2, 0) is 14.8 Å². The number of nitrogens with one attached hydrogen (secondary N) is 1. The van der Waals surface area contributed by atoms with Crippen LogP contribution in [-0.4, -0.2) is 34.0 Å². The molecule has 1 fully saturated rings. The van der Waals surface area contributed by atoms with E-state index in [0.29, 0.717) is 24.4 Å². The topological polar surface area (TPSA) is 99.5 Å². The van der Waals surface area contributed by atoms with Crippen molar-refractivity contribution < 1.29 is 17.9 Å². The first-order chi connectivity index (χ1) is 12.4. The van der Waals surface area contributed by atoms with Crippen LogP contribution in [0.25, 0.3) is 0 Å². The zero-order valence-electron chi connectivity index (χ0n) is 14.0. The van der Waals surface area contributed by atoms with E-state index >= 15 is 0 Å². The number of hydrogen-bond acceptors (Lipinski definition) is 5. The zero-order chi connectivity index (χ0) is 18.7. The monoisotopic (exact) mass is 371 g/mol. The number of methoxy groups -OCH3 is 1. The van der Waals surface area contributed by atoms with Crippen molar-refractivity contribution in [1.29, 1.82) is 5.26 Å². The first kappa shape index (κ1) is 17.9. The summed E-state index contributed by atoms with van der Waals surface area (Å²) in [5, 5.41) is 8.92. The van der Waals surface area contributed by atoms with E-state index in [1.807, 2.05) is 6.07 Å². The van der Waals surface area contributed by atoms with Gasteiger partial charge >= 0.3 is 0 Å². The van der Waals surface area contributed by atoms with E-state index in [2.05, 4.69) is 4.72 Å². The molecule has 1 saturated heterocycles. The largest absolute Gasteiger partial charge is 0.497 e. The van der Waals surface area contributed by atoms with Gasteiger partial charge in [-0.3, -0.25) is 4.79 Å². The van der Waals surface area contributed by atoms with Gasteiger partial charge in [-0.2, -0.15) is 9.98 Å². The van der Waals surface area contributed by atoms with E-state index in [1.165, 1.54) is 24.3 Å². The van der Waals surface area contributed by atoms with Crippen LogP contribution in [0.15, 0.2) is 53.4 Å². The summed E-state index contributed by atoms with van der Waals surface area (Å²) in [5.74, 6) is 0.366. The predicted molar refractivity (Wildman–Crippen MR) is 95.2 cm³/mol. The van der Waals surface area contributed by atoms with Gasteiger partial charge in [0.25, 0.3) is 0 Å². The highest BCUT2D eigenvalue weighted by atomic mass is 32.2. The molecule has 1 aliphatic rings. The molecule has 2 aromatic rings. The molecule has 7 nitrogen and oxygen atoms in total. The molecular weight excluding hydrogens is 354 g/mol. The molecule has 1 aliphatic heterocycles. The van der Waals surface area contributed by atoms with Gasteiger partial charge in [0.05, 0.1) is 23.6 Å². The van der Waals surface area contributed by atoms with Crippen molar-refractivity contribution in [3.8, 4) is 11.8 Å². The highest BCUT2D eigenvalue weighted by Crippen LogP contribution is 2.25. The molecule has 1 N–H and O–H groups in total. The summed E-state index contributed by atoms with van der Waals surface area (Å²) in [6, 6.07) is 13.7. The van der Waals surface area contributed by atoms with Crippen molar-refractivity contribution in [2.45, 2.75) is 17.4 Å². The van der Waals surface area contributed by atoms with Gasteiger partial charge in [-0.25, -0.2) is 8.42 Å². The quantitative estimate of drug-likeness (QED) is 0.861. The molecule has 2 aromatic carbocycles. The number of anilines is 1. The third-order valence-corrected chi connectivity index (χ3v) is 5.63. The molecule has 3 rings (SSSR count). The fraction of sp³-hybridized carbons (Fsp3) is 0.222. The number of rotatable bonds is 5. The number of nitriles is 1. The molecule has 0 unspecified atom stereocenters. The van der Waals surface area contributed by atoms with Crippen LogP contribution in [0.4, 0.5) is 5.69 Å². The number of amides is 1. The molecular formula is C18H17N3O4S. The smallest absolute Gasteiger partial charge is 0.245 e. The number of carbonyl (C=O) groups excluding carboxylic acids is 1. The van der Waals surface area contributed by atoms with Crippen LogP contribution in [0.1, 0.15) is 12.0 Å². The Morgan fingerprint density at radius 3 is 2.62 bits per heavy atom. The van der Waals surface area contributed by atoms with Crippen LogP contribution >= 0.6 is 0 Å². The van der Waals surface area contributed by atoms with Crippen molar-refractivity contribution in [2.24, 2.45) is 0 Å². The second-order valence-corrected chi connectivity index (χ2v) is 7.50. The Morgan fingerprint density at radius 1 is 1.23 bits per heavy atom. The summed E-state index contributed by atoms with van der Waals surface area (Å²) in [4.78, 5) is 14.1. The molecule has 0 aliphatic carbocycles. The van der Waals surface area contributed by atoms with Crippen LogP contribution < -0.4 is 14.4 Å². The average Bonchev–Trinajstić information content (AvgIpc) is 3.01. The summed E-state index contributed by atoms with van der Waals surface area (Å²) in [5.41, 5.74) is 0.925. The lowest BCUT2D eigenvalue weighted by Crippen LogP contribution is -2.41. The van der Waals surface area contributed by atoms with E-state index in [9.17, 15) is 13.2 Å².